The third kappa shape index (κ3) is 3.69. The summed E-state index contributed by atoms with van der Waals surface area (Å²) in [7, 11) is 0. The molecule has 0 saturated carbocycles. The van der Waals surface area contributed by atoms with E-state index >= 15 is 0 Å². The van der Waals surface area contributed by atoms with Crippen molar-refractivity contribution in [2.24, 2.45) is 5.92 Å². The predicted molar refractivity (Wildman–Crippen MR) is 103 cm³/mol. The molecular weight excluding hydrogens is 345 g/mol. The SMILES string of the molecule is C/C=C\[C@H]1CCc2c(ccc3c2CC[C@H](c2ccc(C(F)(F)F)cc2)C3)C1. The highest BCUT2D eigenvalue weighted by Crippen LogP contribution is 2.39. The maximum absolute atomic E-state index is 12.8. The number of rotatable bonds is 2. The van der Waals surface area contributed by atoms with E-state index in [1.807, 2.05) is 0 Å². The average molecular weight is 370 g/mol. The third-order valence-corrected chi connectivity index (χ3v) is 6.26. The first-order valence-electron chi connectivity index (χ1n) is 9.88. The summed E-state index contributed by atoms with van der Waals surface area (Å²) < 4.78 is 38.4. The maximum Gasteiger partial charge on any atom is 0.416 e. The third-order valence-electron chi connectivity index (χ3n) is 6.26. The van der Waals surface area contributed by atoms with Crippen molar-refractivity contribution in [3.63, 3.8) is 0 Å². The zero-order valence-corrected chi connectivity index (χ0v) is 15.7. The second-order valence-electron chi connectivity index (χ2n) is 7.93. The Bertz CT molecular complexity index is 843. The molecular formula is C24H25F3. The van der Waals surface area contributed by atoms with Crippen molar-refractivity contribution < 1.29 is 13.2 Å². The predicted octanol–water partition coefficient (Wildman–Crippen LogP) is 6.66. The topological polar surface area (TPSA) is 0 Å². The van der Waals surface area contributed by atoms with E-state index in [0.29, 0.717) is 11.8 Å². The van der Waals surface area contributed by atoms with E-state index in [2.05, 4.69) is 31.2 Å². The van der Waals surface area contributed by atoms with E-state index in [1.54, 1.807) is 17.7 Å². The van der Waals surface area contributed by atoms with E-state index in [0.717, 1.165) is 37.7 Å². The van der Waals surface area contributed by atoms with Crippen LogP contribution in [0.2, 0.25) is 0 Å². The first-order valence-corrected chi connectivity index (χ1v) is 9.88. The Morgan fingerprint density at radius 3 is 2.11 bits per heavy atom. The fourth-order valence-electron chi connectivity index (χ4n) is 4.86. The molecule has 0 heterocycles. The normalized spacial score (nSPS) is 22.5. The lowest BCUT2D eigenvalue weighted by Crippen LogP contribution is -2.20. The first kappa shape index (κ1) is 18.3. The number of halogens is 3. The molecule has 4 rings (SSSR count). The molecule has 2 atom stereocenters. The molecule has 2 aromatic carbocycles. The van der Waals surface area contributed by atoms with Crippen LogP contribution < -0.4 is 0 Å². The van der Waals surface area contributed by atoms with Crippen molar-refractivity contribution in [2.75, 3.05) is 0 Å². The van der Waals surface area contributed by atoms with Crippen LogP contribution in [-0.4, -0.2) is 0 Å². The molecule has 0 aliphatic heterocycles. The molecule has 0 spiro atoms. The Kier molecular flexibility index (Phi) is 4.88. The van der Waals surface area contributed by atoms with Gasteiger partial charge in [0.15, 0.2) is 0 Å². The zero-order valence-electron chi connectivity index (χ0n) is 15.7. The van der Waals surface area contributed by atoms with Crippen molar-refractivity contribution in [3.05, 3.63) is 81.9 Å². The number of hydrogen-bond acceptors (Lipinski definition) is 0. The summed E-state index contributed by atoms with van der Waals surface area (Å²) in [5, 5.41) is 0. The van der Waals surface area contributed by atoms with Gasteiger partial charge in [-0.25, -0.2) is 0 Å². The lowest BCUT2D eigenvalue weighted by molar-refractivity contribution is -0.137. The summed E-state index contributed by atoms with van der Waals surface area (Å²) in [5.41, 5.74) is 6.44. The van der Waals surface area contributed by atoms with Gasteiger partial charge in [-0.15, -0.1) is 0 Å². The second kappa shape index (κ2) is 7.18. The van der Waals surface area contributed by atoms with E-state index in [4.69, 9.17) is 0 Å². The minimum Gasteiger partial charge on any atom is -0.166 e. The molecule has 0 saturated heterocycles. The monoisotopic (exact) mass is 370 g/mol. The van der Waals surface area contributed by atoms with Crippen molar-refractivity contribution in [3.8, 4) is 0 Å². The highest BCUT2D eigenvalue weighted by molar-refractivity contribution is 5.46. The summed E-state index contributed by atoms with van der Waals surface area (Å²) in [6, 6.07) is 10.3. The molecule has 3 heteroatoms. The maximum atomic E-state index is 12.8. The lowest BCUT2D eigenvalue weighted by Gasteiger charge is -2.31. The fraction of sp³-hybridized carbons (Fsp3) is 0.417. The summed E-state index contributed by atoms with van der Waals surface area (Å²) in [5.74, 6) is 0.973. The fourth-order valence-corrected chi connectivity index (χ4v) is 4.86. The molecule has 142 valence electrons. The van der Waals surface area contributed by atoms with Crippen molar-refractivity contribution in [1.29, 1.82) is 0 Å². The Labute approximate surface area is 159 Å². The summed E-state index contributed by atoms with van der Waals surface area (Å²) in [4.78, 5) is 0. The van der Waals surface area contributed by atoms with Gasteiger partial charge in [-0.05, 0) is 97.2 Å². The van der Waals surface area contributed by atoms with E-state index in [1.165, 1.54) is 35.2 Å². The number of benzene rings is 2. The highest BCUT2D eigenvalue weighted by atomic mass is 19.4. The van der Waals surface area contributed by atoms with Crippen LogP contribution in [0, 0.1) is 5.92 Å². The first-order chi connectivity index (χ1) is 13.0. The van der Waals surface area contributed by atoms with Gasteiger partial charge in [0.1, 0.15) is 0 Å². The van der Waals surface area contributed by atoms with E-state index in [9.17, 15) is 13.2 Å². The molecule has 0 aromatic heterocycles. The van der Waals surface area contributed by atoms with Gasteiger partial charge in [-0.2, -0.15) is 13.2 Å². The minimum atomic E-state index is -4.26. The lowest BCUT2D eigenvalue weighted by atomic mass is 9.74. The summed E-state index contributed by atoms with van der Waals surface area (Å²) >= 11 is 0. The van der Waals surface area contributed by atoms with Gasteiger partial charge in [0.05, 0.1) is 5.56 Å². The van der Waals surface area contributed by atoms with Gasteiger partial charge in [0.2, 0.25) is 0 Å². The molecule has 0 nitrogen and oxygen atoms in total. The number of allylic oxidation sites excluding steroid dienone is 2. The molecule has 2 aliphatic carbocycles. The van der Waals surface area contributed by atoms with Crippen LogP contribution in [0.4, 0.5) is 13.2 Å². The molecule has 0 N–H and O–H groups in total. The van der Waals surface area contributed by atoms with E-state index < -0.39 is 11.7 Å². The smallest absolute Gasteiger partial charge is 0.166 e. The van der Waals surface area contributed by atoms with Crippen LogP contribution in [0.25, 0.3) is 0 Å². The van der Waals surface area contributed by atoms with Gasteiger partial charge in [0.25, 0.3) is 0 Å². The second-order valence-corrected chi connectivity index (χ2v) is 7.93. The van der Waals surface area contributed by atoms with Crippen LogP contribution >= 0.6 is 0 Å². The Morgan fingerprint density at radius 2 is 1.48 bits per heavy atom. The highest BCUT2D eigenvalue weighted by Gasteiger charge is 2.31. The Morgan fingerprint density at radius 1 is 0.852 bits per heavy atom. The standard InChI is InChI=1S/C24H25F3/c1-2-3-16-4-12-22-19(14-16)5-6-20-15-18(9-13-23(20)22)17-7-10-21(11-8-17)24(25,26)27/h2-3,5-8,10-11,16,18H,4,9,12-15H2,1H3/b3-2-/t16-,18-/m0/s1. The number of alkyl halides is 3. The Hall–Kier alpha value is -2.03. The van der Waals surface area contributed by atoms with Gasteiger partial charge in [-0.1, -0.05) is 36.4 Å². The van der Waals surface area contributed by atoms with Gasteiger partial charge in [-0.3, -0.25) is 0 Å². The average Bonchev–Trinajstić information content (AvgIpc) is 2.67. The van der Waals surface area contributed by atoms with Crippen LogP contribution in [0.5, 0.6) is 0 Å². The van der Waals surface area contributed by atoms with Crippen molar-refractivity contribution >= 4 is 0 Å². The number of fused-ring (bicyclic) bond motifs is 3. The van der Waals surface area contributed by atoms with Crippen LogP contribution in [-0.2, 0) is 31.9 Å². The quantitative estimate of drug-likeness (QED) is 0.519. The minimum absolute atomic E-state index is 0.317. The summed E-state index contributed by atoms with van der Waals surface area (Å²) in [6.45, 7) is 2.09. The molecule has 0 bridgehead atoms. The van der Waals surface area contributed by atoms with Crippen LogP contribution in [0.3, 0.4) is 0 Å². The molecule has 0 amide bonds. The molecule has 0 fully saturated rings. The van der Waals surface area contributed by atoms with Crippen molar-refractivity contribution in [2.45, 2.75) is 57.5 Å². The molecule has 0 radical (unpaired) electrons. The molecule has 2 aliphatic rings. The largest absolute Gasteiger partial charge is 0.416 e. The number of hydrogen-bond donors (Lipinski definition) is 0. The molecule has 2 aromatic rings. The van der Waals surface area contributed by atoms with Crippen molar-refractivity contribution in [1.82, 2.24) is 0 Å². The molecule has 27 heavy (non-hydrogen) atoms. The Balaban J connectivity index is 1.54. The van der Waals surface area contributed by atoms with Crippen LogP contribution in [0.15, 0.2) is 48.6 Å². The zero-order chi connectivity index (χ0) is 19.0. The molecule has 0 unspecified atom stereocenters. The van der Waals surface area contributed by atoms with E-state index in [-0.39, 0.29) is 0 Å². The van der Waals surface area contributed by atoms with Gasteiger partial charge >= 0.3 is 6.18 Å². The van der Waals surface area contributed by atoms with Gasteiger partial charge < -0.3 is 0 Å². The van der Waals surface area contributed by atoms with Gasteiger partial charge in [0, 0.05) is 0 Å². The van der Waals surface area contributed by atoms with Crippen LogP contribution in [0.1, 0.15) is 59.1 Å². The summed E-state index contributed by atoms with van der Waals surface area (Å²) in [6.07, 6.45) is 6.72.